The number of hydrogen-bond donors (Lipinski definition) is 2. The minimum absolute atomic E-state index is 0.0740. The van der Waals surface area contributed by atoms with Crippen LogP contribution in [0.15, 0.2) is 48.5 Å². The third-order valence-electron chi connectivity index (χ3n) is 3.32. The zero-order chi connectivity index (χ0) is 16.1. The van der Waals surface area contributed by atoms with Crippen LogP contribution in [-0.2, 0) is 4.79 Å². The Labute approximate surface area is 140 Å². The summed E-state index contributed by atoms with van der Waals surface area (Å²) < 4.78 is 0. The van der Waals surface area contributed by atoms with Crippen molar-refractivity contribution >= 4 is 34.8 Å². The molecule has 0 aliphatic carbocycles. The second kappa shape index (κ2) is 7.63. The van der Waals surface area contributed by atoms with Crippen molar-refractivity contribution in [2.75, 3.05) is 5.32 Å². The molecule has 2 atom stereocenters. The molecule has 3 nitrogen and oxygen atoms in total. The molecule has 5 heteroatoms. The maximum atomic E-state index is 12.2. The van der Waals surface area contributed by atoms with Crippen LogP contribution in [0.1, 0.15) is 25.5 Å². The van der Waals surface area contributed by atoms with Gasteiger partial charge in [-0.05, 0) is 37.6 Å². The second-order valence-corrected chi connectivity index (χ2v) is 6.04. The smallest absolute Gasteiger partial charge is 0.241 e. The maximum Gasteiger partial charge on any atom is 0.241 e. The van der Waals surface area contributed by atoms with Crippen molar-refractivity contribution in [2.24, 2.45) is 0 Å². The van der Waals surface area contributed by atoms with E-state index in [-0.39, 0.29) is 18.0 Å². The van der Waals surface area contributed by atoms with Crippen molar-refractivity contribution in [3.8, 4) is 0 Å². The van der Waals surface area contributed by atoms with Gasteiger partial charge in [0.1, 0.15) is 0 Å². The van der Waals surface area contributed by atoms with E-state index in [2.05, 4.69) is 10.6 Å². The quantitative estimate of drug-likeness (QED) is 0.832. The van der Waals surface area contributed by atoms with E-state index in [4.69, 9.17) is 23.2 Å². The van der Waals surface area contributed by atoms with Crippen LogP contribution < -0.4 is 10.6 Å². The summed E-state index contributed by atoms with van der Waals surface area (Å²) in [4.78, 5) is 12.2. The standard InChI is InChI=1S/C17H18Cl2N2O/c1-11(13-6-4-3-5-7-13)20-12(2)17(22)21-16-9-14(18)8-15(19)10-16/h3-12,20H,1-2H3,(H,21,22)/t11-,12+/m1/s1. The van der Waals surface area contributed by atoms with Gasteiger partial charge in [-0.15, -0.1) is 0 Å². The third kappa shape index (κ3) is 4.73. The third-order valence-corrected chi connectivity index (χ3v) is 3.76. The van der Waals surface area contributed by atoms with Gasteiger partial charge >= 0.3 is 0 Å². The van der Waals surface area contributed by atoms with Crippen molar-refractivity contribution in [3.63, 3.8) is 0 Å². The molecule has 2 aromatic rings. The van der Waals surface area contributed by atoms with Gasteiger partial charge in [-0.25, -0.2) is 0 Å². The van der Waals surface area contributed by atoms with E-state index in [1.165, 1.54) is 0 Å². The Hall–Kier alpha value is -1.55. The lowest BCUT2D eigenvalue weighted by molar-refractivity contribution is -0.117. The summed E-state index contributed by atoms with van der Waals surface area (Å²) in [5.74, 6) is -0.138. The molecule has 0 aliphatic heterocycles. The van der Waals surface area contributed by atoms with Crippen molar-refractivity contribution in [1.82, 2.24) is 5.32 Å². The Morgan fingerprint density at radius 2 is 1.59 bits per heavy atom. The molecule has 0 aromatic heterocycles. The number of amides is 1. The lowest BCUT2D eigenvalue weighted by atomic mass is 10.1. The van der Waals surface area contributed by atoms with Gasteiger partial charge in [-0.2, -0.15) is 0 Å². The van der Waals surface area contributed by atoms with Gasteiger partial charge in [0.05, 0.1) is 6.04 Å². The monoisotopic (exact) mass is 336 g/mol. The first-order valence-corrected chi connectivity index (χ1v) is 7.79. The number of rotatable bonds is 5. The molecular formula is C17H18Cl2N2O. The highest BCUT2D eigenvalue weighted by Gasteiger charge is 2.16. The number of hydrogen-bond acceptors (Lipinski definition) is 2. The van der Waals surface area contributed by atoms with Gasteiger partial charge in [-0.1, -0.05) is 53.5 Å². The molecule has 22 heavy (non-hydrogen) atoms. The number of carbonyl (C=O) groups is 1. The van der Waals surface area contributed by atoms with Crippen LogP contribution in [0.3, 0.4) is 0 Å². The first-order chi connectivity index (χ1) is 10.5. The van der Waals surface area contributed by atoms with E-state index in [9.17, 15) is 4.79 Å². The van der Waals surface area contributed by atoms with Crippen molar-refractivity contribution in [3.05, 3.63) is 64.1 Å². The first-order valence-electron chi connectivity index (χ1n) is 7.03. The molecule has 116 valence electrons. The van der Waals surface area contributed by atoms with E-state index < -0.39 is 0 Å². The second-order valence-electron chi connectivity index (χ2n) is 5.17. The molecular weight excluding hydrogens is 319 g/mol. The topological polar surface area (TPSA) is 41.1 Å². The molecule has 0 bridgehead atoms. The van der Waals surface area contributed by atoms with Crippen LogP contribution >= 0.6 is 23.2 Å². The number of anilines is 1. The summed E-state index contributed by atoms with van der Waals surface area (Å²) in [7, 11) is 0. The normalized spacial score (nSPS) is 13.5. The zero-order valence-corrected chi connectivity index (χ0v) is 13.9. The van der Waals surface area contributed by atoms with E-state index >= 15 is 0 Å². The lowest BCUT2D eigenvalue weighted by Crippen LogP contribution is -2.39. The highest BCUT2D eigenvalue weighted by molar-refractivity contribution is 6.35. The molecule has 2 rings (SSSR count). The van der Waals surface area contributed by atoms with Crippen molar-refractivity contribution in [2.45, 2.75) is 25.9 Å². The van der Waals surface area contributed by atoms with Crippen LogP contribution in [-0.4, -0.2) is 11.9 Å². The summed E-state index contributed by atoms with van der Waals surface area (Å²) in [5, 5.41) is 7.05. The molecule has 0 radical (unpaired) electrons. The Balaban J connectivity index is 1.97. The highest BCUT2D eigenvalue weighted by Crippen LogP contribution is 2.22. The molecule has 0 saturated carbocycles. The van der Waals surface area contributed by atoms with Crippen molar-refractivity contribution in [1.29, 1.82) is 0 Å². The minimum atomic E-state index is -0.354. The molecule has 0 saturated heterocycles. The predicted molar refractivity (Wildman–Crippen MR) is 92.5 cm³/mol. The van der Waals surface area contributed by atoms with Crippen LogP contribution in [0.4, 0.5) is 5.69 Å². The fourth-order valence-corrected chi connectivity index (χ4v) is 2.69. The summed E-state index contributed by atoms with van der Waals surface area (Å²) in [6.45, 7) is 3.84. The highest BCUT2D eigenvalue weighted by atomic mass is 35.5. The van der Waals surface area contributed by atoms with Gasteiger partial charge < -0.3 is 5.32 Å². The van der Waals surface area contributed by atoms with Crippen LogP contribution in [0.5, 0.6) is 0 Å². The Morgan fingerprint density at radius 3 is 2.18 bits per heavy atom. The first kappa shape index (κ1) is 16.8. The van der Waals surface area contributed by atoms with Crippen LogP contribution in [0, 0.1) is 0 Å². The van der Waals surface area contributed by atoms with Gasteiger partial charge in [0.2, 0.25) is 5.91 Å². The molecule has 0 aliphatic rings. The Bertz CT molecular complexity index is 626. The van der Waals surface area contributed by atoms with E-state index in [1.807, 2.05) is 44.2 Å². The van der Waals surface area contributed by atoms with Crippen LogP contribution in [0.25, 0.3) is 0 Å². The number of benzene rings is 2. The van der Waals surface area contributed by atoms with Gasteiger partial charge in [0.15, 0.2) is 0 Å². The van der Waals surface area contributed by atoms with Crippen molar-refractivity contribution < 1.29 is 4.79 Å². The molecule has 0 heterocycles. The van der Waals surface area contributed by atoms with Gasteiger partial charge in [0, 0.05) is 21.8 Å². The summed E-state index contributed by atoms with van der Waals surface area (Å²) in [6.07, 6.45) is 0. The number of carbonyl (C=O) groups excluding carboxylic acids is 1. The molecule has 2 aromatic carbocycles. The molecule has 0 fully saturated rings. The summed E-state index contributed by atoms with van der Waals surface area (Å²) in [6, 6.07) is 14.7. The largest absolute Gasteiger partial charge is 0.325 e. The fourth-order valence-electron chi connectivity index (χ4n) is 2.17. The van der Waals surface area contributed by atoms with E-state index in [1.54, 1.807) is 18.2 Å². The summed E-state index contributed by atoms with van der Waals surface area (Å²) in [5.41, 5.74) is 1.72. The van der Waals surface area contributed by atoms with Crippen LogP contribution in [0.2, 0.25) is 10.0 Å². The predicted octanol–water partition coefficient (Wildman–Crippen LogP) is 4.67. The lowest BCUT2D eigenvalue weighted by Gasteiger charge is -2.20. The average Bonchev–Trinajstić information content (AvgIpc) is 2.46. The van der Waals surface area contributed by atoms with Gasteiger partial charge in [-0.3, -0.25) is 10.1 Å². The SMILES string of the molecule is C[C@H](N[C@H](C)c1ccccc1)C(=O)Nc1cc(Cl)cc(Cl)c1. The Kier molecular flexibility index (Phi) is 5.83. The average molecular weight is 337 g/mol. The molecule has 2 N–H and O–H groups in total. The Morgan fingerprint density at radius 1 is 1.00 bits per heavy atom. The van der Waals surface area contributed by atoms with Gasteiger partial charge in [0.25, 0.3) is 0 Å². The maximum absolute atomic E-state index is 12.2. The van der Waals surface area contributed by atoms with E-state index in [0.717, 1.165) is 5.56 Å². The molecule has 1 amide bonds. The zero-order valence-electron chi connectivity index (χ0n) is 12.4. The molecule has 0 unspecified atom stereocenters. The minimum Gasteiger partial charge on any atom is -0.325 e. The van der Waals surface area contributed by atoms with E-state index in [0.29, 0.717) is 15.7 Å². The molecule has 0 spiro atoms. The number of nitrogens with one attached hydrogen (secondary N) is 2. The number of halogens is 2. The summed E-state index contributed by atoms with van der Waals surface area (Å²) >= 11 is 11.9. The fraction of sp³-hybridized carbons (Fsp3) is 0.235.